The molecule has 2 saturated heterocycles. The van der Waals surface area contributed by atoms with Crippen molar-refractivity contribution >= 4 is 12.4 Å². The summed E-state index contributed by atoms with van der Waals surface area (Å²) in [6.07, 6.45) is 9.76. The van der Waals surface area contributed by atoms with E-state index in [0.29, 0.717) is 164 Å². The third-order valence-electron chi connectivity index (χ3n) is 16.7. The van der Waals surface area contributed by atoms with Crippen molar-refractivity contribution in [3.05, 3.63) is 89.0 Å². The number of nitrogens with zero attached hydrogens (tertiary/aromatic N) is 8. The van der Waals surface area contributed by atoms with Gasteiger partial charge in [0.25, 0.3) is 0 Å². The van der Waals surface area contributed by atoms with Gasteiger partial charge < -0.3 is 52.9 Å². The van der Waals surface area contributed by atoms with E-state index >= 15 is 0 Å². The first-order valence-corrected chi connectivity index (χ1v) is 30.5. The van der Waals surface area contributed by atoms with E-state index in [9.17, 15) is 26.7 Å². The molecule has 4 fully saturated rings. The molecule has 0 radical (unpaired) electrons. The molecule has 2 N–H and O–H groups in total. The van der Waals surface area contributed by atoms with Crippen molar-refractivity contribution in [3.63, 3.8) is 0 Å². The number of primary amides is 1. The van der Waals surface area contributed by atoms with Crippen LogP contribution in [0.5, 0.6) is 5.75 Å². The molecular formula is C61H90F5N9O11. The molecule has 4 aliphatic rings. The Labute approximate surface area is 502 Å². The van der Waals surface area contributed by atoms with E-state index in [1.165, 1.54) is 18.4 Å². The van der Waals surface area contributed by atoms with E-state index in [1.807, 2.05) is 12.3 Å². The average Bonchev–Trinajstić information content (AvgIpc) is 1.14. The van der Waals surface area contributed by atoms with Crippen molar-refractivity contribution in [2.45, 2.75) is 140 Å². The second kappa shape index (κ2) is 35.8. The Hall–Kier alpha value is -5.09. The molecule has 2 aromatic carbocycles. The van der Waals surface area contributed by atoms with Crippen LogP contribution in [-0.2, 0) is 60.6 Å². The molecular weight excluding hydrogens is 1130 g/mol. The van der Waals surface area contributed by atoms with Crippen molar-refractivity contribution in [1.82, 2.24) is 39.6 Å². The van der Waals surface area contributed by atoms with E-state index in [4.69, 9.17) is 47.8 Å². The fourth-order valence-electron chi connectivity index (χ4n) is 12.5. The van der Waals surface area contributed by atoms with Gasteiger partial charge in [0.1, 0.15) is 23.2 Å². The number of amides is 1. The van der Waals surface area contributed by atoms with Crippen LogP contribution in [0.15, 0.2) is 48.7 Å². The van der Waals surface area contributed by atoms with E-state index < -0.39 is 35.1 Å². The predicted octanol–water partition coefficient (Wildman–Crippen LogP) is 8.01. The highest BCUT2D eigenvalue weighted by molar-refractivity contribution is 5.72. The van der Waals surface area contributed by atoms with Crippen molar-refractivity contribution < 1.29 is 74.2 Å². The Morgan fingerprint density at radius 3 is 1.90 bits per heavy atom. The maximum absolute atomic E-state index is 14.2. The molecule has 20 nitrogen and oxygen atoms in total. The number of carbonyl (C=O) groups is 2. The molecule has 25 heteroatoms. The number of likely N-dealkylation sites (tertiary alicyclic amines) is 2. The number of nitrogens with two attached hydrogens (primary N) is 1. The molecule has 480 valence electrons. The van der Waals surface area contributed by atoms with Crippen LogP contribution < -0.4 is 10.5 Å². The molecule has 1 amide bonds. The highest BCUT2D eigenvalue weighted by Gasteiger charge is 2.54. The first-order valence-electron chi connectivity index (χ1n) is 30.5. The number of aryl methyl sites for hydroxylation is 1. The first kappa shape index (κ1) is 68.4. The van der Waals surface area contributed by atoms with Crippen molar-refractivity contribution in [2.24, 2.45) is 17.1 Å². The van der Waals surface area contributed by atoms with Gasteiger partial charge in [-0.3, -0.25) is 19.4 Å². The summed E-state index contributed by atoms with van der Waals surface area (Å²) in [5.74, 6) is -4.91. The van der Waals surface area contributed by atoms with Gasteiger partial charge >= 0.3 is 5.97 Å². The van der Waals surface area contributed by atoms with Crippen molar-refractivity contribution in [3.8, 4) is 5.75 Å². The molecule has 4 unspecified atom stereocenters. The van der Waals surface area contributed by atoms with E-state index in [0.717, 1.165) is 63.5 Å². The number of alkyl halides is 2. The summed E-state index contributed by atoms with van der Waals surface area (Å²) < 4.78 is 122. The van der Waals surface area contributed by atoms with Gasteiger partial charge in [-0.05, 0) is 101 Å². The van der Waals surface area contributed by atoms with Gasteiger partial charge in [0.15, 0.2) is 11.6 Å². The highest BCUT2D eigenvalue weighted by atomic mass is 19.3. The third-order valence-corrected chi connectivity index (χ3v) is 16.7. The minimum Gasteiger partial charge on any atom is -0.420 e. The molecule has 4 aromatic rings. The Morgan fingerprint density at radius 1 is 0.733 bits per heavy atom. The number of benzene rings is 2. The summed E-state index contributed by atoms with van der Waals surface area (Å²) in [5, 5.41) is 17.7. The predicted molar refractivity (Wildman–Crippen MR) is 307 cm³/mol. The van der Waals surface area contributed by atoms with Gasteiger partial charge in [-0.2, -0.15) is 0 Å². The highest BCUT2D eigenvalue weighted by Crippen LogP contribution is 2.56. The van der Waals surface area contributed by atoms with E-state index in [-0.39, 0.29) is 45.5 Å². The lowest BCUT2D eigenvalue weighted by Crippen LogP contribution is -2.62. The summed E-state index contributed by atoms with van der Waals surface area (Å²) in [6, 6.07) is 12.8. The lowest BCUT2D eigenvalue weighted by molar-refractivity contribution is -0.136. The van der Waals surface area contributed by atoms with Crippen molar-refractivity contribution in [2.75, 3.05) is 125 Å². The minimum atomic E-state index is -2.52. The van der Waals surface area contributed by atoms with Gasteiger partial charge in [-0.15, -0.1) is 15.3 Å². The van der Waals surface area contributed by atoms with E-state index in [1.54, 1.807) is 4.68 Å². The van der Waals surface area contributed by atoms with Crippen LogP contribution in [0.1, 0.15) is 125 Å². The fraction of sp³-hybridized carbons (Fsp3) is 0.705. The zero-order chi connectivity index (χ0) is 61.2. The second-order valence-corrected chi connectivity index (χ2v) is 23.1. The molecule has 2 aromatic heterocycles. The standard InChI is InChI=1S/C60H87F5N8O10.CH3NO/c1-44-9-10-52(72(44)17-13-53(47-7-5-4-6-8-47)48-11-15-60(64,65)16-12-48)35-45(2)73-46(3)66-68-58(73)49-38-59(39-49)42-70(43-59)18-21-76-24-27-79-31-32-81-33-34-82-41-51-40-71(69-67-51)19-22-77-25-28-80-30-29-78-26-23-75-20-14-56(74)83-57-54(62)36-50(61)37-55(57)63;2-1-3/h4-8,36-37,40,44-45,48-49,52-53H,9-35,38-39,41-43H2,1-3H3;1H,(H2,2,3). The molecule has 4 heterocycles. The zero-order valence-electron chi connectivity index (χ0n) is 50.3. The summed E-state index contributed by atoms with van der Waals surface area (Å²) in [5.41, 5.74) is 6.54. The molecule has 86 heavy (non-hydrogen) atoms. The Morgan fingerprint density at radius 2 is 1.29 bits per heavy atom. The summed E-state index contributed by atoms with van der Waals surface area (Å²) in [6.45, 7) is 17.6. The average molecular weight is 1220 g/mol. The van der Waals surface area contributed by atoms with Gasteiger partial charge in [-0.25, -0.2) is 26.6 Å². The molecule has 4 atom stereocenters. The largest absolute Gasteiger partial charge is 0.420 e. The second-order valence-electron chi connectivity index (χ2n) is 23.1. The molecule has 2 aliphatic carbocycles. The molecule has 8 rings (SSSR count). The number of hydrogen-bond donors (Lipinski definition) is 1. The lowest BCUT2D eigenvalue weighted by Gasteiger charge is -2.59. The molecule has 1 spiro atoms. The number of ether oxygens (including phenoxy) is 9. The van der Waals surface area contributed by atoms with Crippen LogP contribution in [0, 0.1) is 35.7 Å². The maximum atomic E-state index is 14.2. The molecule has 0 bridgehead atoms. The monoisotopic (exact) mass is 1220 g/mol. The Kier molecular flexibility index (Phi) is 28.5. The van der Waals surface area contributed by atoms with Crippen LogP contribution >= 0.6 is 0 Å². The van der Waals surface area contributed by atoms with E-state index in [2.05, 4.69) is 85.3 Å². The van der Waals surface area contributed by atoms with Crippen molar-refractivity contribution in [1.29, 1.82) is 0 Å². The fourth-order valence-corrected chi connectivity index (χ4v) is 12.5. The normalized spacial score (nSPS) is 19.4. The number of esters is 1. The van der Waals surface area contributed by atoms with Crippen LogP contribution in [0.3, 0.4) is 0 Å². The summed E-state index contributed by atoms with van der Waals surface area (Å²) in [7, 11) is 0. The SMILES string of the molecule is Cc1nnc(C2CC3(C2)CN(CCOCCOCCOCCOCc2cn(CCOCCOCCOCCOCCC(=O)Oc4c(F)cc(F)cc4F)nn2)C3)n1C(C)CC1CCC(C)N1CCC(c1ccccc1)C1CCC(F)(F)CC1.NC=O. The van der Waals surface area contributed by atoms with Crippen LogP contribution in [0.4, 0.5) is 22.0 Å². The van der Waals surface area contributed by atoms with Gasteiger partial charge in [-0.1, -0.05) is 35.5 Å². The maximum Gasteiger partial charge on any atom is 0.313 e. The molecule has 2 aliphatic heterocycles. The van der Waals surface area contributed by atoms with Crippen LogP contribution in [0.25, 0.3) is 0 Å². The van der Waals surface area contributed by atoms with Gasteiger partial charge in [0, 0.05) is 68.7 Å². The van der Waals surface area contributed by atoms with Crippen LogP contribution in [-0.4, -0.2) is 195 Å². The summed E-state index contributed by atoms with van der Waals surface area (Å²) in [4.78, 5) is 25.6. The molecule has 2 saturated carbocycles. The number of aromatic nitrogens is 6. The number of carbonyl (C=O) groups excluding carboxylic acids is 2. The lowest BCUT2D eigenvalue weighted by atomic mass is 9.57. The number of halogens is 5. The first-order chi connectivity index (χ1) is 41.7. The Bertz CT molecular complexity index is 2560. The quantitative estimate of drug-likeness (QED) is 0.0147. The number of hydrogen-bond acceptors (Lipinski definition) is 17. The minimum absolute atomic E-state index is 0.00998. The van der Waals surface area contributed by atoms with Gasteiger partial charge in [0.2, 0.25) is 18.1 Å². The topological polar surface area (TPSA) is 211 Å². The van der Waals surface area contributed by atoms with Crippen LogP contribution in [0.2, 0.25) is 0 Å². The Balaban J connectivity index is 0.00000345. The number of rotatable bonds is 39. The smallest absolute Gasteiger partial charge is 0.313 e. The third kappa shape index (κ3) is 21.9. The zero-order valence-corrected chi connectivity index (χ0v) is 50.3. The summed E-state index contributed by atoms with van der Waals surface area (Å²) >= 11 is 0. The van der Waals surface area contributed by atoms with Gasteiger partial charge in [0.05, 0.1) is 125 Å².